The second-order valence-corrected chi connectivity index (χ2v) is 5.38. The van der Waals surface area contributed by atoms with Crippen molar-refractivity contribution in [2.45, 2.75) is 26.7 Å². The van der Waals surface area contributed by atoms with E-state index in [2.05, 4.69) is 18.7 Å². The number of carbonyl (C=O) groups excluding carboxylic acids is 1. The van der Waals surface area contributed by atoms with Crippen LogP contribution in [-0.2, 0) is 0 Å². The molecule has 1 heterocycles. The van der Waals surface area contributed by atoms with Gasteiger partial charge in [-0.05, 0) is 12.8 Å². The Morgan fingerprint density at radius 1 is 1.22 bits per heavy atom. The molecule has 0 aliphatic carbocycles. The number of ketones is 1. The van der Waals surface area contributed by atoms with Gasteiger partial charge in [-0.2, -0.15) is 0 Å². The highest BCUT2D eigenvalue weighted by Crippen LogP contribution is 2.35. The minimum atomic E-state index is 0.208. The van der Waals surface area contributed by atoms with Crippen LogP contribution in [0.15, 0.2) is 40.9 Å². The Kier molecular flexibility index (Phi) is 4.48. The molecule has 0 spiro atoms. The smallest absolute Gasteiger partial charge is 0.182 e. The summed E-state index contributed by atoms with van der Waals surface area (Å²) >= 11 is 1.87. The number of rotatable bonds is 5. The van der Waals surface area contributed by atoms with Crippen LogP contribution in [0, 0.1) is 0 Å². The zero-order chi connectivity index (χ0) is 13.0. The number of allylic oxidation sites excluding steroid dienone is 2. The van der Waals surface area contributed by atoms with Crippen LogP contribution < -0.4 is 0 Å². The fourth-order valence-electron chi connectivity index (χ4n) is 2.25. The van der Waals surface area contributed by atoms with Crippen molar-refractivity contribution in [2.24, 2.45) is 0 Å². The Balaban J connectivity index is 2.07. The molecule has 0 fully saturated rings. The van der Waals surface area contributed by atoms with Gasteiger partial charge in [0, 0.05) is 16.2 Å². The molecule has 0 saturated heterocycles. The number of hydrogen-bond donors (Lipinski definition) is 0. The highest BCUT2D eigenvalue weighted by molar-refractivity contribution is 8.03. The van der Waals surface area contributed by atoms with Crippen molar-refractivity contribution >= 4 is 17.5 Å². The topological polar surface area (TPSA) is 20.3 Å². The van der Waals surface area contributed by atoms with Gasteiger partial charge in [-0.15, -0.1) is 11.8 Å². The van der Waals surface area contributed by atoms with Gasteiger partial charge in [0.05, 0.1) is 12.4 Å². The molecule has 0 saturated carbocycles. The quantitative estimate of drug-likeness (QED) is 0.750. The van der Waals surface area contributed by atoms with Crippen LogP contribution >= 0.6 is 11.8 Å². The third-order valence-corrected chi connectivity index (χ3v) is 4.50. The highest BCUT2D eigenvalue weighted by Gasteiger charge is 2.22. The van der Waals surface area contributed by atoms with E-state index in [4.69, 9.17) is 0 Å². The lowest BCUT2D eigenvalue weighted by atomic mass is 10.1. The minimum Gasteiger partial charge on any atom is -0.357 e. The van der Waals surface area contributed by atoms with E-state index in [1.54, 1.807) is 0 Å². The van der Waals surface area contributed by atoms with Crippen molar-refractivity contribution in [3.05, 3.63) is 46.5 Å². The van der Waals surface area contributed by atoms with E-state index in [1.807, 2.05) is 42.1 Å². The first-order valence-corrected chi connectivity index (χ1v) is 7.42. The molecule has 1 aromatic rings. The fraction of sp³-hybridized carbons (Fsp3) is 0.400. The van der Waals surface area contributed by atoms with Crippen LogP contribution in [0.1, 0.15) is 37.0 Å². The van der Waals surface area contributed by atoms with Crippen molar-refractivity contribution in [3.63, 3.8) is 0 Å². The molecule has 2 rings (SSSR count). The summed E-state index contributed by atoms with van der Waals surface area (Å²) in [6, 6.07) is 9.55. The second kappa shape index (κ2) is 6.10. The van der Waals surface area contributed by atoms with Gasteiger partial charge in [0.15, 0.2) is 5.78 Å². The third kappa shape index (κ3) is 2.78. The van der Waals surface area contributed by atoms with Crippen molar-refractivity contribution in [1.82, 2.24) is 4.90 Å². The molecule has 1 aliphatic heterocycles. The molecule has 0 N–H and O–H groups in total. The summed E-state index contributed by atoms with van der Waals surface area (Å²) in [4.78, 5) is 15.8. The summed E-state index contributed by atoms with van der Waals surface area (Å²) in [5.41, 5.74) is 2.16. The van der Waals surface area contributed by atoms with E-state index >= 15 is 0 Å². The molecule has 1 aromatic carbocycles. The maximum atomic E-state index is 12.2. The predicted octanol–water partition coefficient (Wildman–Crippen LogP) is 3.91. The number of benzene rings is 1. The van der Waals surface area contributed by atoms with Gasteiger partial charge in [-0.25, -0.2) is 0 Å². The molecule has 0 atom stereocenters. The van der Waals surface area contributed by atoms with E-state index in [0.29, 0.717) is 6.54 Å². The first kappa shape index (κ1) is 13.2. The summed E-state index contributed by atoms with van der Waals surface area (Å²) in [7, 11) is 0. The van der Waals surface area contributed by atoms with Gasteiger partial charge >= 0.3 is 0 Å². The van der Waals surface area contributed by atoms with E-state index in [1.165, 1.54) is 10.6 Å². The average Bonchev–Trinajstić information content (AvgIpc) is 2.81. The maximum Gasteiger partial charge on any atom is 0.182 e. The van der Waals surface area contributed by atoms with Crippen LogP contribution in [0.4, 0.5) is 0 Å². The lowest BCUT2D eigenvalue weighted by Crippen LogP contribution is -2.26. The normalized spacial score (nSPS) is 15.3. The first-order chi connectivity index (χ1) is 8.76. The van der Waals surface area contributed by atoms with E-state index < -0.39 is 0 Å². The molecule has 0 radical (unpaired) electrons. The van der Waals surface area contributed by atoms with E-state index in [9.17, 15) is 4.79 Å². The molecule has 0 bridgehead atoms. The fourth-order valence-corrected chi connectivity index (χ4v) is 3.45. The van der Waals surface area contributed by atoms with Crippen molar-refractivity contribution in [1.29, 1.82) is 0 Å². The lowest BCUT2D eigenvalue weighted by molar-refractivity contribution is 0.0957. The molecule has 96 valence electrons. The molecule has 3 heteroatoms. The third-order valence-electron chi connectivity index (χ3n) is 3.18. The zero-order valence-electron chi connectivity index (χ0n) is 11.0. The molecule has 2 nitrogen and oxygen atoms in total. The first-order valence-electron chi connectivity index (χ1n) is 6.44. The highest BCUT2D eigenvalue weighted by atomic mass is 32.2. The van der Waals surface area contributed by atoms with E-state index in [0.717, 1.165) is 24.3 Å². The van der Waals surface area contributed by atoms with E-state index in [-0.39, 0.29) is 5.78 Å². The minimum absolute atomic E-state index is 0.208. The van der Waals surface area contributed by atoms with Crippen LogP contribution in [0.2, 0.25) is 0 Å². The Morgan fingerprint density at radius 3 is 2.56 bits per heavy atom. The Bertz CT molecular complexity index is 453. The van der Waals surface area contributed by atoms with Crippen molar-refractivity contribution in [2.75, 3.05) is 12.4 Å². The van der Waals surface area contributed by atoms with Gasteiger partial charge in [0.2, 0.25) is 0 Å². The van der Waals surface area contributed by atoms with Gasteiger partial charge in [-0.3, -0.25) is 4.79 Å². The van der Waals surface area contributed by atoms with Crippen LogP contribution in [0.25, 0.3) is 0 Å². The van der Waals surface area contributed by atoms with Crippen molar-refractivity contribution < 1.29 is 4.79 Å². The number of thioether (sulfide) groups is 1. The van der Waals surface area contributed by atoms with Gasteiger partial charge in [0.25, 0.3) is 0 Å². The molecule has 18 heavy (non-hydrogen) atoms. The molecule has 0 amide bonds. The standard InChI is InChI=1S/C15H19NOS/c1-3-13-15(4-2)18-11-16(13)10-14(17)12-8-6-5-7-9-12/h5-9H,3-4,10-11H2,1-2H3. The van der Waals surface area contributed by atoms with Gasteiger partial charge in [-0.1, -0.05) is 44.2 Å². The molecule has 0 unspecified atom stereocenters. The predicted molar refractivity (Wildman–Crippen MR) is 77.5 cm³/mol. The van der Waals surface area contributed by atoms with Crippen LogP contribution in [0.5, 0.6) is 0 Å². The summed E-state index contributed by atoms with van der Waals surface area (Å²) < 4.78 is 0. The summed E-state index contributed by atoms with van der Waals surface area (Å²) in [6.07, 6.45) is 2.09. The number of Topliss-reactive ketones (excluding diaryl/α,β-unsaturated/α-hetero) is 1. The molecule has 0 aromatic heterocycles. The number of hydrogen-bond acceptors (Lipinski definition) is 3. The van der Waals surface area contributed by atoms with Crippen LogP contribution in [0.3, 0.4) is 0 Å². The zero-order valence-corrected chi connectivity index (χ0v) is 11.8. The molecular formula is C15H19NOS. The van der Waals surface area contributed by atoms with Gasteiger partial charge < -0.3 is 4.90 Å². The number of nitrogens with zero attached hydrogens (tertiary/aromatic N) is 1. The lowest BCUT2D eigenvalue weighted by Gasteiger charge is -2.20. The Morgan fingerprint density at radius 2 is 1.94 bits per heavy atom. The van der Waals surface area contributed by atoms with Crippen molar-refractivity contribution in [3.8, 4) is 0 Å². The monoisotopic (exact) mass is 261 g/mol. The Labute approximate surface area is 113 Å². The van der Waals surface area contributed by atoms with Crippen LogP contribution in [-0.4, -0.2) is 23.1 Å². The summed E-state index contributed by atoms with van der Waals surface area (Å²) in [5, 5.41) is 0. The SMILES string of the molecule is CCC1=C(CC)N(CC(=O)c2ccccc2)CS1. The Hall–Kier alpha value is -1.22. The summed E-state index contributed by atoms with van der Waals surface area (Å²) in [5.74, 6) is 1.13. The maximum absolute atomic E-state index is 12.2. The average molecular weight is 261 g/mol. The molecular weight excluding hydrogens is 242 g/mol. The van der Waals surface area contributed by atoms with Gasteiger partial charge in [0.1, 0.15) is 0 Å². The number of carbonyl (C=O) groups is 1. The summed E-state index contributed by atoms with van der Waals surface area (Å²) in [6.45, 7) is 4.85. The second-order valence-electron chi connectivity index (χ2n) is 4.34. The molecule has 1 aliphatic rings. The largest absolute Gasteiger partial charge is 0.357 e.